The summed E-state index contributed by atoms with van der Waals surface area (Å²) in [6, 6.07) is 5.34. The number of nitrogens with zero attached hydrogens (tertiary/aromatic N) is 1. The maximum absolute atomic E-state index is 12.5. The molecule has 0 bridgehead atoms. The van der Waals surface area contributed by atoms with Crippen molar-refractivity contribution in [3.05, 3.63) is 29.3 Å². The summed E-state index contributed by atoms with van der Waals surface area (Å²) in [4.78, 5) is 0.365. The molecule has 0 saturated carbocycles. The molecule has 1 aromatic rings. The fourth-order valence-corrected chi connectivity index (χ4v) is 3.52. The van der Waals surface area contributed by atoms with Gasteiger partial charge in [-0.1, -0.05) is 31.9 Å². The summed E-state index contributed by atoms with van der Waals surface area (Å²) in [5, 5.41) is 0. The van der Waals surface area contributed by atoms with Crippen molar-refractivity contribution in [3.8, 4) is 0 Å². The van der Waals surface area contributed by atoms with Crippen LogP contribution in [0.4, 0.5) is 0 Å². The summed E-state index contributed by atoms with van der Waals surface area (Å²) in [5.74, 6) is 0.322. The van der Waals surface area contributed by atoms with Crippen LogP contribution in [-0.4, -0.2) is 26.3 Å². The van der Waals surface area contributed by atoms with Gasteiger partial charge >= 0.3 is 0 Å². The predicted octanol–water partition coefficient (Wildman–Crippen LogP) is 3.54. The Morgan fingerprint density at radius 3 is 2.53 bits per heavy atom. The first-order valence-corrected chi connectivity index (χ1v) is 8.52. The van der Waals surface area contributed by atoms with Crippen molar-refractivity contribution in [1.29, 1.82) is 0 Å². The van der Waals surface area contributed by atoms with E-state index in [2.05, 4.69) is 6.92 Å². The van der Waals surface area contributed by atoms with Gasteiger partial charge < -0.3 is 0 Å². The van der Waals surface area contributed by atoms with Crippen molar-refractivity contribution < 1.29 is 8.42 Å². The van der Waals surface area contributed by atoms with Crippen molar-refractivity contribution in [1.82, 2.24) is 4.31 Å². The third-order valence-electron chi connectivity index (χ3n) is 3.17. The SMILES string of the molecule is CCCCCN(C)S(=O)(=O)c1cc(CCl)ccc1C. The smallest absolute Gasteiger partial charge is 0.207 e. The molecule has 108 valence electrons. The van der Waals surface area contributed by atoms with Crippen LogP contribution in [0.1, 0.15) is 37.3 Å². The Bertz CT molecular complexity index is 514. The van der Waals surface area contributed by atoms with Crippen LogP contribution in [-0.2, 0) is 15.9 Å². The van der Waals surface area contributed by atoms with Gasteiger partial charge in [0, 0.05) is 19.5 Å². The lowest BCUT2D eigenvalue weighted by Gasteiger charge is -2.18. The van der Waals surface area contributed by atoms with Crippen LogP contribution in [0.2, 0.25) is 0 Å². The van der Waals surface area contributed by atoms with Crippen molar-refractivity contribution in [3.63, 3.8) is 0 Å². The molecule has 1 rings (SSSR count). The molecule has 0 aliphatic carbocycles. The molecule has 0 amide bonds. The Morgan fingerprint density at radius 1 is 1.26 bits per heavy atom. The van der Waals surface area contributed by atoms with Gasteiger partial charge in [-0.2, -0.15) is 0 Å². The molecule has 0 saturated heterocycles. The fraction of sp³-hybridized carbons (Fsp3) is 0.571. The zero-order valence-corrected chi connectivity index (χ0v) is 13.4. The summed E-state index contributed by atoms with van der Waals surface area (Å²) in [5.41, 5.74) is 1.59. The highest BCUT2D eigenvalue weighted by Gasteiger charge is 2.22. The molecule has 5 heteroatoms. The molecular weight excluding hydrogens is 282 g/mol. The van der Waals surface area contributed by atoms with E-state index in [0.29, 0.717) is 17.3 Å². The van der Waals surface area contributed by atoms with Gasteiger partial charge in [0.1, 0.15) is 0 Å². The molecule has 3 nitrogen and oxygen atoms in total. The Hall–Kier alpha value is -0.580. The average Bonchev–Trinajstić information content (AvgIpc) is 2.39. The minimum atomic E-state index is -3.41. The third kappa shape index (κ3) is 4.20. The lowest BCUT2D eigenvalue weighted by molar-refractivity contribution is 0.454. The lowest BCUT2D eigenvalue weighted by atomic mass is 10.2. The quantitative estimate of drug-likeness (QED) is 0.570. The number of hydrogen-bond donors (Lipinski definition) is 0. The minimum absolute atomic E-state index is 0.322. The molecule has 0 atom stereocenters. The minimum Gasteiger partial charge on any atom is -0.207 e. The second-order valence-corrected chi connectivity index (χ2v) is 7.05. The molecule has 0 fully saturated rings. The summed E-state index contributed by atoms with van der Waals surface area (Å²) in [7, 11) is -1.77. The van der Waals surface area contributed by atoms with Crippen LogP contribution in [0.25, 0.3) is 0 Å². The predicted molar refractivity (Wildman–Crippen MR) is 80.1 cm³/mol. The van der Waals surface area contributed by atoms with E-state index < -0.39 is 10.0 Å². The molecule has 0 aliphatic heterocycles. The van der Waals surface area contributed by atoms with Gasteiger partial charge in [-0.3, -0.25) is 0 Å². The highest BCUT2D eigenvalue weighted by molar-refractivity contribution is 7.89. The normalized spacial score (nSPS) is 12.1. The molecule has 19 heavy (non-hydrogen) atoms. The van der Waals surface area contributed by atoms with E-state index in [9.17, 15) is 8.42 Å². The van der Waals surface area contributed by atoms with Gasteiger partial charge in [0.15, 0.2) is 0 Å². The topological polar surface area (TPSA) is 37.4 Å². The Kier molecular flexibility index (Phi) is 6.30. The molecule has 0 spiro atoms. The highest BCUT2D eigenvalue weighted by atomic mass is 35.5. The third-order valence-corrected chi connectivity index (χ3v) is 5.48. The second kappa shape index (κ2) is 7.27. The van der Waals surface area contributed by atoms with Gasteiger partial charge in [0.25, 0.3) is 0 Å². The van der Waals surface area contributed by atoms with Gasteiger partial charge in [-0.05, 0) is 30.5 Å². The number of benzene rings is 1. The summed E-state index contributed by atoms with van der Waals surface area (Å²) in [6.07, 6.45) is 3.01. The molecule has 0 aromatic heterocycles. The Labute approximate surface area is 121 Å². The van der Waals surface area contributed by atoms with E-state index in [0.717, 1.165) is 30.4 Å². The first kappa shape index (κ1) is 16.5. The number of rotatable bonds is 7. The number of hydrogen-bond acceptors (Lipinski definition) is 2. The van der Waals surface area contributed by atoms with E-state index in [-0.39, 0.29) is 0 Å². The molecule has 0 unspecified atom stereocenters. The standard InChI is InChI=1S/C14H22ClNO2S/c1-4-5-6-9-16(3)19(17,18)14-10-13(11-15)8-7-12(14)2/h7-8,10H,4-6,9,11H2,1-3H3. The molecular formula is C14H22ClNO2S. The lowest BCUT2D eigenvalue weighted by Crippen LogP contribution is -2.28. The molecule has 0 heterocycles. The molecule has 0 radical (unpaired) electrons. The zero-order chi connectivity index (χ0) is 14.5. The molecule has 1 aromatic carbocycles. The average molecular weight is 304 g/mol. The van der Waals surface area contributed by atoms with Gasteiger partial charge in [0.2, 0.25) is 10.0 Å². The van der Waals surface area contributed by atoms with Crippen molar-refractivity contribution in [2.24, 2.45) is 0 Å². The fourth-order valence-electron chi connectivity index (χ4n) is 1.88. The van der Waals surface area contributed by atoms with Crippen molar-refractivity contribution in [2.75, 3.05) is 13.6 Å². The summed E-state index contributed by atoms with van der Waals surface area (Å²) < 4.78 is 26.4. The van der Waals surface area contributed by atoms with E-state index in [1.165, 1.54) is 4.31 Å². The van der Waals surface area contributed by atoms with Crippen molar-refractivity contribution >= 4 is 21.6 Å². The van der Waals surface area contributed by atoms with Crippen LogP contribution in [0.5, 0.6) is 0 Å². The van der Waals surface area contributed by atoms with Gasteiger partial charge in [-0.15, -0.1) is 11.6 Å². The van der Waals surface area contributed by atoms with E-state index in [1.54, 1.807) is 13.1 Å². The Morgan fingerprint density at radius 2 is 1.95 bits per heavy atom. The molecule has 0 N–H and O–H groups in total. The zero-order valence-electron chi connectivity index (χ0n) is 11.8. The monoisotopic (exact) mass is 303 g/mol. The number of unbranched alkanes of at least 4 members (excludes halogenated alkanes) is 2. The van der Waals surface area contributed by atoms with Crippen molar-refractivity contribution in [2.45, 2.75) is 43.9 Å². The van der Waals surface area contributed by atoms with Crippen LogP contribution >= 0.6 is 11.6 Å². The summed E-state index contributed by atoms with van der Waals surface area (Å²) in [6.45, 7) is 4.47. The largest absolute Gasteiger partial charge is 0.243 e. The first-order valence-electron chi connectivity index (χ1n) is 6.55. The van der Waals surface area contributed by atoms with Gasteiger partial charge in [-0.25, -0.2) is 12.7 Å². The number of sulfonamides is 1. The van der Waals surface area contributed by atoms with Gasteiger partial charge in [0.05, 0.1) is 4.90 Å². The first-order chi connectivity index (χ1) is 8.93. The number of alkyl halides is 1. The van der Waals surface area contributed by atoms with Crippen LogP contribution in [0, 0.1) is 6.92 Å². The second-order valence-electron chi connectivity index (χ2n) is 4.77. The Balaban J connectivity index is 2.99. The summed E-state index contributed by atoms with van der Waals surface area (Å²) >= 11 is 5.77. The van der Waals surface area contributed by atoms with Crippen LogP contribution in [0.15, 0.2) is 23.1 Å². The van der Waals surface area contributed by atoms with E-state index in [4.69, 9.17) is 11.6 Å². The highest BCUT2D eigenvalue weighted by Crippen LogP contribution is 2.21. The maximum atomic E-state index is 12.5. The number of halogens is 1. The molecule has 0 aliphatic rings. The maximum Gasteiger partial charge on any atom is 0.243 e. The van der Waals surface area contributed by atoms with E-state index >= 15 is 0 Å². The van der Waals surface area contributed by atoms with Crippen LogP contribution in [0.3, 0.4) is 0 Å². The van der Waals surface area contributed by atoms with E-state index in [1.807, 2.05) is 19.1 Å². The number of aryl methyl sites for hydroxylation is 1. The van der Waals surface area contributed by atoms with Crippen LogP contribution < -0.4 is 0 Å².